The van der Waals surface area contributed by atoms with Crippen molar-refractivity contribution in [2.45, 2.75) is 15.6 Å². The molecule has 1 heterocycles. The Morgan fingerprint density at radius 3 is 1.41 bits per heavy atom. The quantitative estimate of drug-likeness (QED) is 0.181. The van der Waals surface area contributed by atoms with Crippen molar-refractivity contribution in [2.24, 2.45) is 11.8 Å². The summed E-state index contributed by atoms with van der Waals surface area (Å²) in [4.78, 5) is 29.6. The van der Waals surface area contributed by atoms with Gasteiger partial charge >= 0.3 is 0 Å². The second-order valence-electron chi connectivity index (χ2n) is 9.89. The van der Waals surface area contributed by atoms with Gasteiger partial charge in [0.25, 0.3) is 0 Å². The summed E-state index contributed by atoms with van der Waals surface area (Å²) in [6.45, 7) is 2.03. The molecule has 6 heteroatoms. The first-order valence-electron chi connectivity index (χ1n) is 12.2. The molecule has 0 unspecified atom stereocenters. The van der Waals surface area contributed by atoms with Gasteiger partial charge < -0.3 is 4.74 Å². The number of alkyl halides is 2. The number of rotatable bonds is 3. The highest BCUT2D eigenvalue weighted by atomic mass is 79.9. The molecule has 1 fully saturated rings. The van der Waals surface area contributed by atoms with Gasteiger partial charge in [-0.05, 0) is 65.6 Å². The van der Waals surface area contributed by atoms with E-state index in [1.54, 1.807) is 24.3 Å². The van der Waals surface area contributed by atoms with Gasteiger partial charge in [-0.25, -0.2) is 4.90 Å². The largest absolute Gasteiger partial charge is 0.457 e. The highest BCUT2D eigenvalue weighted by Crippen LogP contribution is 2.70. The summed E-state index contributed by atoms with van der Waals surface area (Å²) in [6, 6.07) is 31.1. The molecule has 8 rings (SSSR count). The Hall–Kier alpha value is -3.22. The standard InChI is InChI=1S/C31H21Br2NO3/c1-18-10-14-20(15-11-18)37-21-16-12-19(13-17-21)34-28(35)26-27(29(34)36)31(33)23-7-3-2-6-22(23)30(26,32)24-8-4-5-9-25(24)31/h2-17,26-27H,1H3/t26-,27-,30?,31?/m0/s1. The van der Waals surface area contributed by atoms with Gasteiger partial charge in [0, 0.05) is 0 Å². The number of carbonyl (C=O) groups is 2. The first-order chi connectivity index (χ1) is 17.8. The predicted octanol–water partition coefficient (Wildman–Crippen LogP) is 7.20. The zero-order valence-electron chi connectivity index (χ0n) is 19.8. The van der Waals surface area contributed by atoms with E-state index in [1.165, 1.54) is 4.90 Å². The van der Waals surface area contributed by atoms with Crippen molar-refractivity contribution in [1.82, 2.24) is 0 Å². The fraction of sp³-hybridized carbons (Fsp3) is 0.161. The van der Waals surface area contributed by atoms with Gasteiger partial charge in [-0.15, -0.1) is 0 Å². The summed E-state index contributed by atoms with van der Waals surface area (Å²) in [5.41, 5.74) is 5.80. The van der Waals surface area contributed by atoms with Crippen molar-refractivity contribution in [1.29, 1.82) is 0 Å². The van der Waals surface area contributed by atoms with E-state index in [1.807, 2.05) is 55.5 Å². The molecule has 1 aliphatic heterocycles. The molecule has 4 aromatic carbocycles. The van der Waals surface area contributed by atoms with Crippen LogP contribution < -0.4 is 9.64 Å². The highest BCUT2D eigenvalue weighted by Gasteiger charge is 2.72. The minimum absolute atomic E-state index is 0.202. The lowest BCUT2D eigenvalue weighted by atomic mass is 9.54. The van der Waals surface area contributed by atoms with Gasteiger partial charge in [0.15, 0.2) is 0 Å². The molecule has 4 aromatic rings. The van der Waals surface area contributed by atoms with Crippen LogP contribution in [-0.4, -0.2) is 11.8 Å². The normalized spacial score (nSPS) is 27.1. The second-order valence-corrected chi connectivity index (χ2v) is 12.4. The molecule has 4 aliphatic rings. The van der Waals surface area contributed by atoms with Crippen molar-refractivity contribution in [3.63, 3.8) is 0 Å². The van der Waals surface area contributed by atoms with Gasteiger partial charge in [0.1, 0.15) is 11.5 Å². The molecule has 0 saturated carbocycles. The van der Waals surface area contributed by atoms with Gasteiger partial charge in [0.2, 0.25) is 11.8 Å². The molecule has 0 spiro atoms. The van der Waals surface area contributed by atoms with Crippen molar-refractivity contribution >= 4 is 49.4 Å². The number of imide groups is 1. The molecule has 0 aromatic heterocycles. The molecule has 2 amide bonds. The number of aryl methyl sites for hydroxylation is 1. The lowest BCUT2D eigenvalue weighted by Gasteiger charge is -2.55. The zero-order valence-corrected chi connectivity index (χ0v) is 23.0. The van der Waals surface area contributed by atoms with Crippen LogP contribution in [0.3, 0.4) is 0 Å². The third kappa shape index (κ3) is 2.94. The minimum Gasteiger partial charge on any atom is -0.457 e. The Kier molecular flexibility index (Phi) is 4.89. The fourth-order valence-corrected chi connectivity index (χ4v) is 8.63. The van der Waals surface area contributed by atoms with Crippen LogP contribution in [0.5, 0.6) is 11.5 Å². The Bertz CT molecular complexity index is 1470. The van der Waals surface area contributed by atoms with Gasteiger partial charge in [-0.1, -0.05) is 98.1 Å². The van der Waals surface area contributed by atoms with Crippen molar-refractivity contribution in [3.8, 4) is 11.5 Å². The summed E-state index contributed by atoms with van der Waals surface area (Å²) in [5.74, 6) is -0.218. The van der Waals surface area contributed by atoms with Crippen LogP contribution in [0.4, 0.5) is 5.69 Å². The van der Waals surface area contributed by atoms with Crippen LogP contribution >= 0.6 is 31.9 Å². The molecule has 4 nitrogen and oxygen atoms in total. The van der Waals surface area contributed by atoms with E-state index >= 15 is 0 Å². The summed E-state index contributed by atoms with van der Waals surface area (Å²) in [7, 11) is 0. The monoisotopic (exact) mass is 613 g/mol. The molecular weight excluding hydrogens is 594 g/mol. The van der Waals surface area contributed by atoms with Crippen LogP contribution in [0.1, 0.15) is 27.8 Å². The van der Waals surface area contributed by atoms with Crippen molar-refractivity contribution in [2.75, 3.05) is 4.90 Å². The molecule has 1 saturated heterocycles. The van der Waals surface area contributed by atoms with Gasteiger partial charge in [-0.2, -0.15) is 0 Å². The maximum absolute atomic E-state index is 14.1. The first kappa shape index (κ1) is 22.9. The van der Waals surface area contributed by atoms with Gasteiger partial charge in [-0.3, -0.25) is 9.59 Å². The summed E-state index contributed by atoms with van der Waals surface area (Å²) >= 11 is 8.09. The second kappa shape index (κ2) is 7.89. The molecule has 0 radical (unpaired) electrons. The lowest BCUT2D eigenvalue weighted by Crippen LogP contribution is -2.56. The van der Waals surface area contributed by atoms with Crippen LogP contribution in [0, 0.1) is 18.8 Å². The lowest BCUT2D eigenvalue weighted by molar-refractivity contribution is -0.122. The van der Waals surface area contributed by atoms with Crippen LogP contribution in [0.25, 0.3) is 0 Å². The number of hydrogen-bond acceptors (Lipinski definition) is 3. The summed E-state index contributed by atoms with van der Waals surface area (Å²) in [5, 5.41) is 0. The van der Waals surface area contributed by atoms with E-state index in [2.05, 4.69) is 56.1 Å². The predicted molar refractivity (Wildman–Crippen MR) is 149 cm³/mol. The zero-order chi connectivity index (χ0) is 25.5. The number of benzene rings is 4. The van der Waals surface area contributed by atoms with Crippen LogP contribution in [0.2, 0.25) is 0 Å². The van der Waals surface area contributed by atoms with Crippen molar-refractivity contribution < 1.29 is 14.3 Å². The Morgan fingerprint density at radius 2 is 1.00 bits per heavy atom. The van der Waals surface area contributed by atoms with E-state index in [0.29, 0.717) is 11.4 Å². The highest BCUT2D eigenvalue weighted by molar-refractivity contribution is 9.10. The van der Waals surface area contributed by atoms with E-state index in [-0.39, 0.29) is 11.8 Å². The number of halogens is 2. The Morgan fingerprint density at radius 1 is 0.622 bits per heavy atom. The smallest absolute Gasteiger partial charge is 0.239 e. The van der Waals surface area contributed by atoms with Gasteiger partial charge in [0.05, 0.1) is 26.2 Å². The average molecular weight is 615 g/mol. The molecule has 2 bridgehead atoms. The number of amides is 2. The number of nitrogens with zero attached hydrogens (tertiary/aromatic N) is 1. The number of ether oxygens (including phenoxy) is 1. The minimum atomic E-state index is -0.795. The Labute approximate surface area is 231 Å². The van der Waals surface area contributed by atoms with Crippen LogP contribution in [-0.2, 0) is 18.2 Å². The van der Waals surface area contributed by atoms with Crippen LogP contribution in [0.15, 0.2) is 97.1 Å². The number of hydrogen-bond donors (Lipinski definition) is 0. The Balaban J connectivity index is 1.31. The van der Waals surface area contributed by atoms with E-state index in [9.17, 15) is 9.59 Å². The molecule has 182 valence electrons. The molecule has 3 aliphatic carbocycles. The molecule has 0 N–H and O–H groups in total. The number of carbonyl (C=O) groups excluding carboxylic acids is 2. The topological polar surface area (TPSA) is 46.6 Å². The fourth-order valence-electron chi connectivity index (χ4n) is 6.33. The van der Waals surface area contributed by atoms with E-state index in [4.69, 9.17) is 4.74 Å². The SMILES string of the molecule is Cc1ccc(Oc2ccc(N3C(=O)[C@@H]4[C@@H](C3=O)C3(Br)c5ccccc5C4(Br)c4ccccc43)cc2)cc1. The molecule has 37 heavy (non-hydrogen) atoms. The van der Waals surface area contributed by atoms with Crippen molar-refractivity contribution in [3.05, 3.63) is 125 Å². The first-order valence-corrected chi connectivity index (χ1v) is 13.7. The van der Waals surface area contributed by atoms with E-state index in [0.717, 1.165) is 33.6 Å². The molecular formula is C31H21Br2NO3. The maximum Gasteiger partial charge on any atom is 0.239 e. The number of anilines is 1. The van der Waals surface area contributed by atoms with E-state index < -0.39 is 20.5 Å². The third-order valence-electron chi connectivity index (χ3n) is 7.94. The third-order valence-corrected chi connectivity index (χ3v) is 10.6. The average Bonchev–Trinajstić information content (AvgIpc) is 3.20. The molecule has 2 atom stereocenters. The summed E-state index contributed by atoms with van der Waals surface area (Å²) < 4.78 is 4.37. The summed E-state index contributed by atoms with van der Waals surface area (Å²) in [6.07, 6.45) is 0. The maximum atomic E-state index is 14.1.